The number of carbonyl (C=O) groups is 1. The Balaban J connectivity index is 1.62. The normalized spacial score (nSPS) is 14.8. The largest absolute Gasteiger partial charge is 0.493 e. The number of fused-ring (bicyclic) bond motifs is 1. The van der Waals surface area contributed by atoms with E-state index in [1.54, 1.807) is 50.3 Å². The van der Waals surface area contributed by atoms with Gasteiger partial charge in [0.25, 0.3) is 11.2 Å². The van der Waals surface area contributed by atoms with E-state index in [1.807, 2.05) is 13.8 Å². The van der Waals surface area contributed by atoms with Crippen LogP contribution in [-0.4, -0.2) is 35.3 Å². The highest BCUT2D eigenvalue weighted by atomic mass is 35.5. The van der Waals surface area contributed by atoms with Crippen molar-refractivity contribution in [1.29, 1.82) is 0 Å². The summed E-state index contributed by atoms with van der Waals surface area (Å²) in [6.07, 6.45) is 1.48. The second-order valence-electron chi connectivity index (χ2n) is 10.0. The quantitative estimate of drug-likeness (QED) is 0.135. The number of nitro groups is 1. The number of non-ortho nitro benzene ring substituents is 1. The molecule has 1 aliphatic heterocycles. The molecule has 228 valence electrons. The number of esters is 1. The molecule has 2 aromatic heterocycles. The van der Waals surface area contributed by atoms with E-state index in [4.69, 9.17) is 30.2 Å². The number of aromatic nitrogens is 1. The Morgan fingerprint density at radius 3 is 2.64 bits per heavy atom. The second kappa shape index (κ2) is 12.5. The molecule has 4 aromatic rings. The van der Waals surface area contributed by atoms with Gasteiger partial charge >= 0.3 is 5.97 Å². The lowest BCUT2D eigenvalue weighted by Crippen LogP contribution is -2.40. The number of ether oxygens (including phenoxy) is 3. The number of carbonyl (C=O) groups excluding carboxylic acids is 1. The first kappa shape index (κ1) is 30.8. The molecule has 0 bridgehead atoms. The van der Waals surface area contributed by atoms with Crippen LogP contribution in [0.15, 0.2) is 74.0 Å². The Morgan fingerprint density at radius 2 is 1.98 bits per heavy atom. The second-order valence-corrected chi connectivity index (χ2v) is 11.4. The lowest BCUT2D eigenvalue weighted by molar-refractivity contribution is -0.384. The molecule has 0 saturated carbocycles. The molecular formula is C31H28ClN3O8S. The van der Waals surface area contributed by atoms with Gasteiger partial charge in [-0.25, -0.2) is 9.79 Å². The van der Waals surface area contributed by atoms with E-state index in [-0.39, 0.29) is 34.6 Å². The minimum absolute atomic E-state index is 0.0943. The third-order valence-corrected chi connectivity index (χ3v) is 8.01. The molecule has 0 spiro atoms. The minimum Gasteiger partial charge on any atom is -0.493 e. The summed E-state index contributed by atoms with van der Waals surface area (Å²) in [5.41, 5.74) is 1.21. The van der Waals surface area contributed by atoms with Crippen LogP contribution in [0.3, 0.4) is 0 Å². The van der Waals surface area contributed by atoms with E-state index in [2.05, 4.69) is 4.99 Å². The van der Waals surface area contributed by atoms with E-state index in [1.165, 1.54) is 29.9 Å². The van der Waals surface area contributed by atoms with Crippen LogP contribution in [-0.2, 0) is 9.53 Å². The zero-order valence-corrected chi connectivity index (χ0v) is 26.0. The van der Waals surface area contributed by atoms with Crippen molar-refractivity contribution in [3.63, 3.8) is 0 Å². The standard InChI is InChI=1S/C31H28ClN3O8S/c1-6-41-30(37)27-17(4)33-31-34(28(27)18-7-11-24(42-16(2)3)25(13-18)40-5)29(36)26(44-31)15-20-9-12-23(43-20)21-10-8-19(35(38)39)14-22(21)32/h7-16,28H,6H2,1-5H3/b26-15-/t28-/m1/s1. The van der Waals surface area contributed by atoms with Crippen molar-refractivity contribution >= 4 is 40.7 Å². The van der Waals surface area contributed by atoms with E-state index in [0.717, 1.165) is 11.3 Å². The predicted molar refractivity (Wildman–Crippen MR) is 165 cm³/mol. The number of methoxy groups -OCH3 is 1. The van der Waals surface area contributed by atoms with Crippen LogP contribution in [0.5, 0.6) is 11.5 Å². The molecule has 0 saturated heterocycles. The highest BCUT2D eigenvalue weighted by Crippen LogP contribution is 2.37. The zero-order chi connectivity index (χ0) is 31.7. The van der Waals surface area contributed by atoms with Gasteiger partial charge in [-0.2, -0.15) is 0 Å². The summed E-state index contributed by atoms with van der Waals surface area (Å²) in [4.78, 5) is 42.7. The fourth-order valence-corrected chi connectivity index (χ4v) is 6.13. The monoisotopic (exact) mass is 637 g/mol. The van der Waals surface area contributed by atoms with Gasteiger partial charge in [-0.05, 0) is 63.6 Å². The Kier molecular flexibility index (Phi) is 8.75. The number of rotatable bonds is 9. The van der Waals surface area contributed by atoms with E-state index >= 15 is 0 Å². The summed E-state index contributed by atoms with van der Waals surface area (Å²) in [6, 6.07) is 11.8. The van der Waals surface area contributed by atoms with Crippen LogP contribution in [0.4, 0.5) is 5.69 Å². The van der Waals surface area contributed by atoms with Crippen molar-refractivity contribution < 1.29 is 28.3 Å². The van der Waals surface area contributed by atoms with Gasteiger partial charge in [-0.15, -0.1) is 0 Å². The molecule has 44 heavy (non-hydrogen) atoms. The number of benzene rings is 2. The van der Waals surface area contributed by atoms with Crippen molar-refractivity contribution in [1.82, 2.24) is 4.57 Å². The molecule has 2 aromatic carbocycles. The Morgan fingerprint density at radius 1 is 1.20 bits per heavy atom. The number of hydrogen-bond donors (Lipinski definition) is 0. The average Bonchev–Trinajstić information content (AvgIpc) is 3.56. The van der Waals surface area contributed by atoms with Crippen LogP contribution >= 0.6 is 22.9 Å². The molecule has 5 rings (SSSR count). The third-order valence-electron chi connectivity index (χ3n) is 6.71. The topological polar surface area (TPSA) is 135 Å². The first-order valence-corrected chi connectivity index (χ1v) is 14.8. The number of allylic oxidation sites excluding steroid dienone is 1. The van der Waals surface area contributed by atoms with Crippen molar-refractivity contribution in [3.05, 3.63) is 106 Å². The molecule has 0 fully saturated rings. The maximum absolute atomic E-state index is 14.0. The number of furan rings is 1. The first-order valence-electron chi connectivity index (χ1n) is 13.6. The third kappa shape index (κ3) is 5.90. The van der Waals surface area contributed by atoms with Gasteiger partial charge in [0, 0.05) is 23.8 Å². The summed E-state index contributed by atoms with van der Waals surface area (Å²) in [5.74, 6) is 1.13. The molecule has 0 amide bonds. The van der Waals surface area contributed by atoms with Gasteiger partial charge < -0.3 is 18.6 Å². The van der Waals surface area contributed by atoms with Crippen molar-refractivity contribution in [3.8, 4) is 22.8 Å². The van der Waals surface area contributed by atoms with Gasteiger partial charge in [0.15, 0.2) is 16.3 Å². The maximum atomic E-state index is 14.0. The number of thiazole rings is 1. The van der Waals surface area contributed by atoms with E-state index in [9.17, 15) is 19.7 Å². The Bertz CT molecular complexity index is 1990. The first-order chi connectivity index (χ1) is 21.0. The molecule has 0 aliphatic carbocycles. The smallest absolute Gasteiger partial charge is 0.338 e. The Hall–Kier alpha value is -4.68. The van der Waals surface area contributed by atoms with Crippen molar-refractivity contribution in [2.45, 2.75) is 39.8 Å². The summed E-state index contributed by atoms with van der Waals surface area (Å²) in [5, 5.41) is 11.2. The highest BCUT2D eigenvalue weighted by molar-refractivity contribution is 7.07. The molecule has 0 radical (unpaired) electrons. The lowest BCUT2D eigenvalue weighted by atomic mass is 9.95. The number of halogens is 1. The molecular weight excluding hydrogens is 610 g/mol. The van der Waals surface area contributed by atoms with Crippen molar-refractivity contribution in [2.24, 2.45) is 4.99 Å². The molecule has 3 heterocycles. The number of hydrogen-bond acceptors (Lipinski definition) is 10. The van der Waals surface area contributed by atoms with E-state index in [0.29, 0.717) is 49.2 Å². The van der Waals surface area contributed by atoms with Crippen LogP contribution in [0.2, 0.25) is 5.02 Å². The van der Waals surface area contributed by atoms with Crippen LogP contribution in [0.25, 0.3) is 17.4 Å². The minimum atomic E-state index is -0.847. The molecule has 1 atom stereocenters. The van der Waals surface area contributed by atoms with Gasteiger partial charge in [-0.1, -0.05) is 29.0 Å². The molecule has 11 nitrogen and oxygen atoms in total. The Labute approximate surface area is 260 Å². The summed E-state index contributed by atoms with van der Waals surface area (Å²) < 4.78 is 24.5. The lowest BCUT2D eigenvalue weighted by Gasteiger charge is -2.25. The van der Waals surface area contributed by atoms with Gasteiger partial charge in [0.1, 0.15) is 11.5 Å². The van der Waals surface area contributed by atoms with Crippen LogP contribution in [0, 0.1) is 10.1 Å². The van der Waals surface area contributed by atoms with Crippen LogP contribution < -0.4 is 24.4 Å². The maximum Gasteiger partial charge on any atom is 0.338 e. The number of nitro benzene ring substituents is 1. The average molecular weight is 638 g/mol. The molecule has 0 N–H and O–H groups in total. The summed E-state index contributed by atoms with van der Waals surface area (Å²) in [6.45, 7) is 7.37. The highest BCUT2D eigenvalue weighted by Gasteiger charge is 2.34. The van der Waals surface area contributed by atoms with E-state index < -0.39 is 16.9 Å². The number of nitrogens with zero attached hydrogens (tertiary/aromatic N) is 3. The SMILES string of the molecule is CCOC(=O)C1=C(C)N=c2s/c(=C\c3ccc(-c4ccc([N+](=O)[O-])cc4Cl)o3)c(=O)n2[C@@H]1c1ccc(OC(C)C)c(OC)c1. The fourth-order valence-electron chi connectivity index (χ4n) is 4.83. The molecule has 1 aliphatic rings. The zero-order valence-electron chi connectivity index (χ0n) is 24.5. The van der Waals surface area contributed by atoms with Gasteiger partial charge in [-0.3, -0.25) is 19.5 Å². The van der Waals surface area contributed by atoms with Gasteiger partial charge in [0.2, 0.25) is 0 Å². The summed E-state index contributed by atoms with van der Waals surface area (Å²) in [7, 11) is 1.52. The molecule has 13 heteroatoms. The van der Waals surface area contributed by atoms with Gasteiger partial charge in [0.05, 0.1) is 51.6 Å². The summed E-state index contributed by atoms with van der Waals surface area (Å²) >= 11 is 7.43. The van der Waals surface area contributed by atoms with Crippen LogP contribution in [0.1, 0.15) is 45.1 Å². The molecule has 0 unspecified atom stereocenters. The van der Waals surface area contributed by atoms with Crippen molar-refractivity contribution in [2.75, 3.05) is 13.7 Å². The predicted octanol–water partition coefficient (Wildman–Crippen LogP) is 5.42. The fraction of sp³-hybridized carbons (Fsp3) is 0.258.